The van der Waals surface area contributed by atoms with E-state index in [2.05, 4.69) is 47.0 Å². The highest BCUT2D eigenvalue weighted by atomic mass is 16.1. The van der Waals surface area contributed by atoms with Crippen molar-refractivity contribution in [3.05, 3.63) is 71.4 Å². The van der Waals surface area contributed by atoms with Crippen LogP contribution in [0.5, 0.6) is 0 Å². The van der Waals surface area contributed by atoms with Crippen molar-refractivity contribution in [2.45, 2.75) is 32.2 Å². The van der Waals surface area contributed by atoms with Gasteiger partial charge in [-0.05, 0) is 30.9 Å². The molecule has 0 saturated heterocycles. The topological polar surface area (TPSA) is 22.0 Å². The quantitative estimate of drug-likeness (QED) is 0.632. The minimum atomic E-state index is 0.315. The average molecular weight is 289 g/mol. The molecule has 0 saturated carbocycles. The van der Waals surface area contributed by atoms with Gasteiger partial charge in [0.2, 0.25) is 0 Å². The minimum absolute atomic E-state index is 0.315. The van der Waals surface area contributed by atoms with Crippen LogP contribution in [0.2, 0.25) is 0 Å². The molecule has 0 amide bonds. The maximum atomic E-state index is 12.6. The van der Waals surface area contributed by atoms with Crippen LogP contribution in [-0.4, -0.2) is 10.4 Å². The van der Waals surface area contributed by atoms with Crippen molar-refractivity contribution >= 4 is 16.7 Å². The van der Waals surface area contributed by atoms with Crippen molar-refractivity contribution in [1.29, 1.82) is 0 Å². The number of fused-ring (bicyclic) bond motifs is 3. The standard InChI is InChI=1S/C20H19NO/c22-19-13-7-6-12-18-20(19)16-10-4-5-11-17(16)21(18)14-15-8-2-1-3-9-15/h1-5,8-11H,6-7,12-14H2. The summed E-state index contributed by atoms with van der Waals surface area (Å²) in [5, 5.41) is 1.13. The highest BCUT2D eigenvalue weighted by molar-refractivity contribution is 6.09. The second-order valence-electron chi connectivity index (χ2n) is 6.04. The Labute approximate surface area is 130 Å². The molecule has 0 atom stereocenters. The summed E-state index contributed by atoms with van der Waals surface area (Å²) >= 11 is 0. The third kappa shape index (κ3) is 2.16. The number of hydrogen-bond donors (Lipinski definition) is 0. The van der Waals surface area contributed by atoms with Crippen molar-refractivity contribution in [3.63, 3.8) is 0 Å². The fraction of sp³-hybridized carbons (Fsp3) is 0.250. The van der Waals surface area contributed by atoms with E-state index < -0.39 is 0 Å². The zero-order valence-electron chi connectivity index (χ0n) is 12.6. The van der Waals surface area contributed by atoms with Gasteiger partial charge >= 0.3 is 0 Å². The number of hydrogen-bond acceptors (Lipinski definition) is 1. The Hall–Kier alpha value is -2.35. The van der Waals surface area contributed by atoms with Gasteiger partial charge in [-0.2, -0.15) is 0 Å². The summed E-state index contributed by atoms with van der Waals surface area (Å²) in [6.45, 7) is 0.837. The first-order valence-electron chi connectivity index (χ1n) is 8.02. The van der Waals surface area contributed by atoms with Gasteiger partial charge in [-0.25, -0.2) is 0 Å². The Bertz CT molecular complexity index is 830. The molecule has 1 aliphatic rings. The van der Waals surface area contributed by atoms with Gasteiger partial charge in [0.05, 0.1) is 0 Å². The van der Waals surface area contributed by atoms with Crippen molar-refractivity contribution in [2.24, 2.45) is 0 Å². The molecule has 1 heterocycles. The van der Waals surface area contributed by atoms with Crippen LogP contribution in [0, 0.1) is 0 Å². The van der Waals surface area contributed by atoms with Crippen molar-refractivity contribution in [3.8, 4) is 0 Å². The zero-order valence-corrected chi connectivity index (χ0v) is 12.6. The number of carbonyl (C=O) groups is 1. The average Bonchev–Trinajstić information content (AvgIpc) is 2.73. The van der Waals surface area contributed by atoms with Gasteiger partial charge in [-0.15, -0.1) is 0 Å². The Balaban J connectivity index is 1.93. The second kappa shape index (κ2) is 5.45. The highest BCUT2D eigenvalue weighted by Crippen LogP contribution is 2.32. The van der Waals surface area contributed by atoms with Gasteiger partial charge in [0.25, 0.3) is 0 Å². The van der Waals surface area contributed by atoms with Crippen LogP contribution in [0.4, 0.5) is 0 Å². The lowest BCUT2D eigenvalue weighted by molar-refractivity contribution is 0.0983. The molecule has 0 N–H and O–H groups in total. The first-order valence-corrected chi connectivity index (χ1v) is 8.02. The third-order valence-corrected chi connectivity index (χ3v) is 4.61. The van der Waals surface area contributed by atoms with Gasteiger partial charge in [0, 0.05) is 35.1 Å². The minimum Gasteiger partial charge on any atom is -0.339 e. The van der Waals surface area contributed by atoms with Gasteiger partial charge in [-0.3, -0.25) is 4.79 Å². The molecule has 0 spiro atoms. The number of Topliss-reactive ketones (excluding diaryl/α,β-unsaturated/α-hetero) is 1. The first-order chi connectivity index (χ1) is 10.8. The van der Waals surface area contributed by atoms with Gasteiger partial charge < -0.3 is 4.57 Å². The van der Waals surface area contributed by atoms with E-state index in [9.17, 15) is 4.79 Å². The molecule has 2 aromatic carbocycles. The zero-order chi connectivity index (χ0) is 14.9. The number of ketones is 1. The third-order valence-electron chi connectivity index (χ3n) is 4.61. The highest BCUT2D eigenvalue weighted by Gasteiger charge is 2.23. The molecule has 0 aliphatic heterocycles. The predicted molar refractivity (Wildman–Crippen MR) is 89.4 cm³/mol. The molecule has 3 aromatic rings. The lowest BCUT2D eigenvalue weighted by Gasteiger charge is -2.11. The van der Waals surface area contributed by atoms with E-state index in [1.807, 2.05) is 12.1 Å². The van der Waals surface area contributed by atoms with Crippen LogP contribution in [0.15, 0.2) is 54.6 Å². The number of rotatable bonds is 2. The van der Waals surface area contributed by atoms with Crippen molar-refractivity contribution in [1.82, 2.24) is 4.57 Å². The molecule has 110 valence electrons. The Kier molecular flexibility index (Phi) is 3.30. The predicted octanol–water partition coefficient (Wildman–Crippen LogP) is 4.60. The van der Waals surface area contributed by atoms with Crippen LogP contribution in [0.25, 0.3) is 10.9 Å². The summed E-state index contributed by atoms with van der Waals surface area (Å²) in [7, 11) is 0. The molecule has 22 heavy (non-hydrogen) atoms. The summed E-state index contributed by atoms with van der Waals surface area (Å²) in [6.07, 6.45) is 3.80. The van der Waals surface area contributed by atoms with E-state index in [4.69, 9.17) is 0 Å². The van der Waals surface area contributed by atoms with Gasteiger partial charge in [-0.1, -0.05) is 48.5 Å². The molecule has 1 aliphatic carbocycles. The summed E-state index contributed by atoms with van der Waals surface area (Å²) in [5.74, 6) is 0.315. The summed E-state index contributed by atoms with van der Waals surface area (Å²) in [6, 6.07) is 18.8. The lowest BCUT2D eigenvalue weighted by Crippen LogP contribution is -2.06. The summed E-state index contributed by atoms with van der Waals surface area (Å²) in [5.41, 5.74) is 4.67. The normalized spacial score (nSPS) is 14.8. The molecule has 4 rings (SSSR count). The fourth-order valence-corrected chi connectivity index (χ4v) is 3.58. The maximum Gasteiger partial charge on any atom is 0.165 e. The second-order valence-corrected chi connectivity index (χ2v) is 6.04. The van der Waals surface area contributed by atoms with Crippen LogP contribution >= 0.6 is 0 Å². The molecule has 0 bridgehead atoms. The summed E-state index contributed by atoms with van der Waals surface area (Å²) < 4.78 is 2.35. The first kappa shape index (κ1) is 13.3. The van der Waals surface area contributed by atoms with E-state index >= 15 is 0 Å². The lowest BCUT2D eigenvalue weighted by atomic mass is 10.1. The van der Waals surface area contributed by atoms with E-state index in [0.717, 1.165) is 36.8 Å². The van der Waals surface area contributed by atoms with Crippen molar-refractivity contribution in [2.75, 3.05) is 0 Å². The molecule has 1 aromatic heterocycles. The number of aromatic nitrogens is 1. The summed E-state index contributed by atoms with van der Waals surface area (Å²) in [4.78, 5) is 12.6. The number of carbonyl (C=O) groups excluding carboxylic acids is 1. The number of benzene rings is 2. The Morgan fingerprint density at radius 2 is 1.59 bits per heavy atom. The maximum absolute atomic E-state index is 12.6. The molecule has 2 nitrogen and oxygen atoms in total. The van der Waals surface area contributed by atoms with E-state index in [-0.39, 0.29) is 0 Å². The van der Waals surface area contributed by atoms with Crippen LogP contribution in [-0.2, 0) is 13.0 Å². The van der Waals surface area contributed by atoms with Gasteiger partial charge in [0.1, 0.15) is 0 Å². The molecule has 0 unspecified atom stereocenters. The Morgan fingerprint density at radius 3 is 2.45 bits per heavy atom. The van der Waals surface area contributed by atoms with E-state index in [1.165, 1.54) is 16.8 Å². The molecule has 0 radical (unpaired) electrons. The number of nitrogens with zero attached hydrogens (tertiary/aromatic N) is 1. The Morgan fingerprint density at radius 1 is 0.864 bits per heavy atom. The van der Waals surface area contributed by atoms with Crippen molar-refractivity contribution < 1.29 is 4.79 Å². The molecular weight excluding hydrogens is 270 g/mol. The molecule has 2 heteroatoms. The number of para-hydroxylation sites is 1. The van der Waals surface area contributed by atoms with Crippen LogP contribution in [0.1, 0.15) is 40.9 Å². The largest absolute Gasteiger partial charge is 0.339 e. The smallest absolute Gasteiger partial charge is 0.165 e. The fourth-order valence-electron chi connectivity index (χ4n) is 3.58. The SMILES string of the molecule is O=C1CCCCc2c1c1ccccc1n2Cc1ccccc1. The van der Waals surface area contributed by atoms with Gasteiger partial charge in [0.15, 0.2) is 5.78 Å². The van der Waals surface area contributed by atoms with Crippen LogP contribution in [0.3, 0.4) is 0 Å². The van der Waals surface area contributed by atoms with E-state index in [0.29, 0.717) is 12.2 Å². The van der Waals surface area contributed by atoms with Crippen LogP contribution < -0.4 is 0 Å². The molecule has 0 fully saturated rings. The monoisotopic (exact) mass is 289 g/mol. The molecular formula is C20H19NO. The van der Waals surface area contributed by atoms with E-state index in [1.54, 1.807) is 0 Å².